The molecule has 5 rings (SSSR count). The molecular weight excluding hydrogens is 472 g/mol. The van der Waals surface area contributed by atoms with Gasteiger partial charge >= 0.3 is 0 Å². The largest absolute Gasteiger partial charge is 0.293 e. The Hall–Kier alpha value is -2.19. The van der Waals surface area contributed by atoms with Gasteiger partial charge in [-0.15, -0.1) is 11.3 Å². The third kappa shape index (κ3) is 3.08. The number of fused-ring (bicyclic) bond motifs is 5. The maximum absolute atomic E-state index is 14.9. The van der Waals surface area contributed by atoms with Gasteiger partial charge in [-0.1, -0.05) is 12.5 Å². The Bertz CT molecular complexity index is 1240. The second kappa shape index (κ2) is 7.50. The number of hydrogen-bond donors (Lipinski definition) is 0. The predicted molar refractivity (Wildman–Crippen MR) is 117 cm³/mol. The Kier molecular flexibility index (Phi) is 4.94. The van der Waals surface area contributed by atoms with Crippen LogP contribution in [0.3, 0.4) is 0 Å². The normalized spacial score (nSPS) is 18.0. The van der Waals surface area contributed by atoms with Gasteiger partial charge < -0.3 is 0 Å². The molecule has 1 aromatic carbocycles. The molecule has 30 heavy (non-hydrogen) atoms. The van der Waals surface area contributed by atoms with Gasteiger partial charge in [-0.05, 0) is 66.2 Å². The number of aryl methyl sites for hydroxylation is 1. The maximum atomic E-state index is 14.9. The summed E-state index contributed by atoms with van der Waals surface area (Å²) in [5, 5.41) is 0.816. The molecule has 2 aliphatic rings. The van der Waals surface area contributed by atoms with Crippen molar-refractivity contribution in [2.45, 2.75) is 45.1 Å². The van der Waals surface area contributed by atoms with E-state index in [0.29, 0.717) is 16.0 Å². The van der Waals surface area contributed by atoms with Gasteiger partial charge in [0.1, 0.15) is 33.0 Å². The summed E-state index contributed by atoms with van der Waals surface area (Å²) in [6, 6.07) is 3.33. The zero-order valence-corrected chi connectivity index (χ0v) is 18.6. The molecule has 4 nitrogen and oxygen atoms in total. The van der Waals surface area contributed by atoms with Crippen LogP contribution in [-0.2, 0) is 12.8 Å². The van der Waals surface area contributed by atoms with Gasteiger partial charge in [0.05, 0.1) is 11.3 Å². The molecule has 1 aliphatic heterocycles. The van der Waals surface area contributed by atoms with E-state index in [1.54, 1.807) is 24.5 Å². The molecule has 8 heteroatoms. The second-order valence-corrected chi connectivity index (χ2v) is 9.56. The highest BCUT2D eigenvalue weighted by molar-refractivity contribution is 9.10. The van der Waals surface area contributed by atoms with Gasteiger partial charge in [0.15, 0.2) is 0 Å². The van der Waals surface area contributed by atoms with Crippen molar-refractivity contribution in [2.75, 3.05) is 0 Å². The average Bonchev–Trinajstić information content (AvgIpc) is 2.83. The monoisotopic (exact) mass is 489 g/mol. The number of thiophene rings is 1. The number of nitrogens with zero attached hydrogens (tertiary/aromatic N) is 3. The van der Waals surface area contributed by atoms with Crippen LogP contribution in [-0.4, -0.2) is 15.3 Å². The van der Waals surface area contributed by atoms with Gasteiger partial charge in [-0.2, -0.15) is 4.98 Å². The van der Waals surface area contributed by atoms with E-state index in [-0.39, 0.29) is 11.1 Å². The first-order chi connectivity index (χ1) is 14.5. The first kappa shape index (κ1) is 19.8. The number of benzene rings is 1. The first-order valence-electron chi connectivity index (χ1n) is 9.92. The number of rotatable bonds is 1. The van der Waals surface area contributed by atoms with Crippen LogP contribution in [0.15, 0.2) is 38.7 Å². The van der Waals surface area contributed by atoms with E-state index < -0.39 is 17.7 Å². The standard InChI is InChI=1S/C22H18BrF2N3OS/c1-11-20-27-21(29)13(23)10-28(20)22-17(12-6-3-2-4-9-16(12)30-22)19(26-11)18-14(24)7-5-8-15(18)25/h5,7-8,10-11H,2-4,6,9H2,1H3/t11-/m0/s1. The minimum Gasteiger partial charge on any atom is -0.293 e. The molecule has 0 spiro atoms. The molecule has 0 bridgehead atoms. The van der Waals surface area contributed by atoms with Crippen molar-refractivity contribution in [1.82, 2.24) is 9.55 Å². The SMILES string of the molecule is C[C@@H]1N=C(c2c(F)cccc2F)c2c(sc3c2CCCCC3)-n2cc(Br)c(=O)nc21. The zero-order chi connectivity index (χ0) is 21.0. The van der Waals surface area contributed by atoms with Crippen molar-refractivity contribution in [3.05, 3.63) is 78.2 Å². The van der Waals surface area contributed by atoms with Crippen molar-refractivity contribution in [1.29, 1.82) is 0 Å². The smallest absolute Gasteiger partial charge is 0.287 e. The predicted octanol–water partition coefficient (Wildman–Crippen LogP) is 5.52. The molecule has 0 N–H and O–H groups in total. The van der Waals surface area contributed by atoms with E-state index in [1.165, 1.54) is 23.1 Å². The van der Waals surface area contributed by atoms with E-state index in [1.807, 2.05) is 4.57 Å². The number of aliphatic imine (C=N–C) groups is 1. The number of aromatic nitrogens is 2. The van der Waals surface area contributed by atoms with Gasteiger partial charge in [0.2, 0.25) is 0 Å². The Labute approximate surface area is 184 Å². The molecule has 0 amide bonds. The Morgan fingerprint density at radius 2 is 1.87 bits per heavy atom. The molecule has 3 aromatic rings. The summed E-state index contributed by atoms with van der Waals surface area (Å²) in [6.07, 6.45) is 6.71. The lowest BCUT2D eigenvalue weighted by Gasteiger charge is -2.12. The van der Waals surface area contributed by atoms with Crippen LogP contribution < -0.4 is 5.56 Å². The van der Waals surface area contributed by atoms with Gasteiger partial charge in [0, 0.05) is 16.6 Å². The molecular formula is C22H18BrF2N3OS. The van der Waals surface area contributed by atoms with Crippen LogP contribution in [0.4, 0.5) is 8.78 Å². The van der Waals surface area contributed by atoms with Crippen LogP contribution in [0.5, 0.6) is 0 Å². The number of hydrogen-bond acceptors (Lipinski definition) is 4. The van der Waals surface area contributed by atoms with Crippen molar-refractivity contribution in [2.24, 2.45) is 4.99 Å². The molecule has 0 saturated heterocycles. The maximum Gasteiger partial charge on any atom is 0.287 e. The summed E-state index contributed by atoms with van der Waals surface area (Å²) in [4.78, 5) is 22.4. The fourth-order valence-corrected chi connectivity index (χ4v) is 5.94. The molecule has 0 unspecified atom stereocenters. The van der Waals surface area contributed by atoms with Crippen LogP contribution in [0.2, 0.25) is 0 Å². The third-order valence-corrected chi connectivity index (χ3v) is 7.50. The summed E-state index contributed by atoms with van der Waals surface area (Å²) >= 11 is 4.90. The Morgan fingerprint density at radius 3 is 2.63 bits per heavy atom. The van der Waals surface area contributed by atoms with E-state index in [2.05, 4.69) is 20.9 Å². The van der Waals surface area contributed by atoms with Crippen molar-refractivity contribution in [3.8, 4) is 5.00 Å². The minimum atomic E-state index is -0.643. The Morgan fingerprint density at radius 1 is 1.13 bits per heavy atom. The van der Waals surface area contributed by atoms with E-state index >= 15 is 0 Å². The molecule has 3 heterocycles. The Balaban J connectivity index is 1.89. The summed E-state index contributed by atoms with van der Waals surface area (Å²) in [6.45, 7) is 1.79. The highest BCUT2D eigenvalue weighted by atomic mass is 79.9. The zero-order valence-electron chi connectivity index (χ0n) is 16.2. The average molecular weight is 490 g/mol. The molecule has 0 fully saturated rings. The van der Waals surface area contributed by atoms with Crippen LogP contribution in [0, 0.1) is 11.6 Å². The molecule has 154 valence electrons. The quantitative estimate of drug-likeness (QED) is 0.422. The molecule has 0 saturated carbocycles. The summed E-state index contributed by atoms with van der Waals surface area (Å²) < 4.78 is 31.9. The minimum absolute atomic E-state index is 0.120. The molecule has 2 aromatic heterocycles. The first-order valence-corrected chi connectivity index (χ1v) is 11.5. The molecule has 1 atom stereocenters. The van der Waals surface area contributed by atoms with Crippen LogP contribution >= 0.6 is 27.3 Å². The van der Waals surface area contributed by atoms with Crippen molar-refractivity contribution in [3.63, 3.8) is 0 Å². The lowest BCUT2D eigenvalue weighted by atomic mass is 9.96. The summed E-state index contributed by atoms with van der Waals surface area (Å²) in [7, 11) is 0. The fraction of sp³-hybridized carbons (Fsp3) is 0.318. The van der Waals surface area contributed by atoms with Crippen molar-refractivity contribution >= 4 is 33.0 Å². The topological polar surface area (TPSA) is 47.2 Å². The van der Waals surface area contributed by atoms with Crippen molar-refractivity contribution < 1.29 is 8.78 Å². The number of halogens is 3. The van der Waals surface area contributed by atoms with E-state index in [0.717, 1.165) is 48.2 Å². The highest BCUT2D eigenvalue weighted by Gasteiger charge is 2.32. The highest BCUT2D eigenvalue weighted by Crippen LogP contribution is 2.41. The van der Waals surface area contributed by atoms with Gasteiger partial charge in [-0.25, -0.2) is 8.78 Å². The summed E-state index contributed by atoms with van der Waals surface area (Å²) in [5.74, 6) is -0.822. The lowest BCUT2D eigenvalue weighted by molar-refractivity contribution is 0.578. The summed E-state index contributed by atoms with van der Waals surface area (Å²) in [5.41, 5.74) is 1.68. The third-order valence-electron chi connectivity index (χ3n) is 5.66. The fourth-order valence-electron chi connectivity index (χ4n) is 4.28. The molecule has 1 aliphatic carbocycles. The molecule has 0 radical (unpaired) electrons. The second-order valence-electron chi connectivity index (χ2n) is 7.62. The lowest BCUT2D eigenvalue weighted by Crippen LogP contribution is -2.17. The van der Waals surface area contributed by atoms with E-state index in [4.69, 9.17) is 4.99 Å². The van der Waals surface area contributed by atoms with Gasteiger partial charge in [0.25, 0.3) is 5.56 Å². The van der Waals surface area contributed by atoms with Crippen LogP contribution in [0.1, 0.15) is 59.6 Å². The van der Waals surface area contributed by atoms with Gasteiger partial charge in [-0.3, -0.25) is 14.4 Å². The van der Waals surface area contributed by atoms with E-state index in [9.17, 15) is 13.6 Å². The van der Waals surface area contributed by atoms with Crippen LogP contribution in [0.25, 0.3) is 5.00 Å².